The van der Waals surface area contributed by atoms with Crippen molar-refractivity contribution in [2.24, 2.45) is 9.85 Å². The Hall–Kier alpha value is -4.48. The maximum absolute atomic E-state index is 13.6. The van der Waals surface area contributed by atoms with Crippen molar-refractivity contribution in [1.29, 1.82) is 0 Å². The molecule has 2 N–H and O–H groups in total. The Morgan fingerprint density at radius 3 is 1.51 bits per heavy atom. The lowest BCUT2D eigenvalue weighted by atomic mass is 10.2. The number of likely N-dealkylation sites (N-methyl/N-ethyl adjacent to an activating group) is 1. The smallest absolute Gasteiger partial charge is 0.339 e. The summed E-state index contributed by atoms with van der Waals surface area (Å²) in [6, 6.07) is 37.9. The predicted octanol–water partition coefficient (Wildman–Crippen LogP) is 4.82. The molecule has 0 aliphatic carbocycles. The van der Waals surface area contributed by atoms with Crippen LogP contribution in [0.15, 0.2) is 131 Å². The SMILES string of the molecule is C/C(=N\NC(=O)Nc1ccccc1)C(N=P(c1ccccc1)(c1ccccc1)c1ccccc1)C(=O)N(C)C. The third-order valence-corrected chi connectivity index (χ3v) is 9.83. The molecule has 4 aromatic carbocycles. The summed E-state index contributed by atoms with van der Waals surface area (Å²) in [5.41, 5.74) is 3.54. The fourth-order valence-electron chi connectivity index (χ4n) is 4.19. The third-order valence-electron chi connectivity index (χ3n) is 6.11. The van der Waals surface area contributed by atoms with Crippen molar-refractivity contribution in [1.82, 2.24) is 10.3 Å². The number of amides is 3. The van der Waals surface area contributed by atoms with Gasteiger partial charge in [0.1, 0.15) is 0 Å². The minimum atomic E-state index is -2.69. The standard InChI is InChI=1S/C31H32N5O2P/c1-24(33-34-31(38)32-25-16-8-4-9-17-25)29(30(37)36(2)3)35-39(26-18-10-5-11-19-26,27-20-12-6-13-21-27)28-22-14-7-15-23-28/h4-23,29H,1-3H3,(H2,32,34,38)/b33-24+. The molecule has 4 rings (SSSR count). The predicted molar refractivity (Wildman–Crippen MR) is 162 cm³/mol. The molecule has 0 spiro atoms. The van der Waals surface area contributed by atoms with Crippen LogP contribution in [0, 0.1) is 0 Å². The molecule has 0 saturated heterocycles. The monoisotopic (exact) mass is 537 g/mol. The van der Waals surface area contributed by atoms with Gasteiger partial charge in [-0.15, -0.1) is 0 Å². The van der Waals surface area contributed by atoms with Crippen molar-refractivity contribution in [3.05, 3.63) is 121 Å². The number of carbonyl (C=O) groups excluding carboxylic acids is 2. The fourth-order valence-corrected chi connectivity index (χ4v) is 7.91. The van der Waals surface area contributed by atoms with Gasteiger partial charge in [0, 0.05) is 35.7 Å². The highest BCUT2D eigenvalue weighted by Crippen LogP contribution is 2.47. The Morgan fingerprint density at radius 2 is 1.10 bits per heavy atom. The summed E-state index contributed by atoms with van der Waals surface area (Å²) in [4.78, 5) is 27.7. The minimum absolute atomic E-state index is 0.228. The van der Waals surface area contributed by atoms with E-state index in [0.717, 1.165) is 15.9 Å². The van der Waals surface area contributed by atoms with Gasteiger partial charge >= 0.3 is 6.03 Å². The number of hydrazone groups is 1. The number of nitrogens with one attached hydrogen (secondary N) is 2. The van der Waals surface area contributed by atoms with Crippen molar-refractivity contribution in [2.45, 2.75) is 13.0 Å². The highest BCUT2D eigenvalue weighted by atomic mass is 31.2. The Balaban J connectivity index is 1.88. The summed E-state index contributed by atoms with van der Waals surface area (Å²) in [6.45, 7) is 1.72. The lowest BCUT2D eigenvalue weighted by Crippen LogP contribution is -2.39. The second-order valence-electron chi connectivity index (χ2n) is 9.08. The van der Waals surface area contributed by atoms with Crippen LogP contribution in [-0.4, -0.2) is 42.7 Å². The fraction of sp³-hybridized carbons (Fsp3) is 0.129. The number of rotatable bonds is 8. The van der Waals surface area contributed by atoms with Crippen LogP contribution in [0.1, 0.15) is 6.92 Å². The van der Waals surface area contributed by atoms with Gasteiger partial charge in [-0.3, -0.25) is 9.54 Å². The van der Waals surface area contributed by atoms with Gasteiger partial charge in [-0.1, -0.05) is 109 Å². The maximum Gasteiger partial charge on any atom is 0.339 e. The Bertz CT molecular complexity index is 1370. The number of anilines is 1. The van der Waals surface area contributed by atoms with Gasteiger partial charge in [0.15, 0.2) is 6.04 Å². The first-order valence-electron chi connectivity index (χ1n) is 12.6. The van der Waals surface area contributed by atoms with Gasteiger partial charge in [0.05, 0.1) is 12.8 Å². The first-order valence-corrected chi connectivity index (χ1v) is 14.3. The Labute approximate surface area is 229 Å². The van der Waals surface area contributed by atoms with Gasteiger partial charge in [-0.2, -0.15) is 5.10 Å². The molecule has 0 fully saturated rings. The Kier molecular flexibility index (Phi) is 9.08. The lowest BCUT2D eigenvalue weighted by molar-refractivity contribution is -0.128. The van der Waals surface area contributed by atoms with Crippen LogP contribution in [0.2, 0.25) is 0 Å². The normalized spacial score (nSPS) is 12.2. The second-order valence-corrected chi connectivity index (χ2v) is 12.1. The maximum atomic E-state index is 13.6. The van der Waals surface area contributed by atoms with E-state index < -0.39 is 19.1 Å². The van der Waals surface area contributed by atoms with Crippen molar-refractivity contribution in [3.63, 3.8) is 0 Å². The van der Waals surface area contributed by atoms with Crippen LogP contribution < -0.4 is 26.7 Å². The molecule has 198 valence electrons. The van der Waals surface area contributed by atoms with Gasteiger partial charge in [-0.05, 0) is 19.1 Å². The number of carbonyl (C=O) groups is 2. The third kappa shape index (κ3) is 6.51. The van der Waals surface area contributed by atoms with E-state index in [0.29, 0.717) is 11.4 Å². The van der Waals surface area contributed by atoms with E-state index in [2.05, 4.69) is 52.2 Å². The molecule has 1 atom stereocenters. The average molecular weight is 538 g/mol. The zero-order valence-corrected chi connectivity index (χ0v) is 23.1. The summed E-state index contributed by atoms with van der Waals surface area (Å²) < 4.78 is 5.42. The quantitative estimate of drug-likeness (QED) is 0.192. The van der Waals surface area contributed by atoms with E-state index in [4.69, 9.17) is 4.74 Å². The van der Waals surface area contributed by atoms with Crippen LogP contribution in [0.3, 0.4) is 0 Å². The first-order chi connectivity index (χ1) is 18.9. The average Bonchev–Trinajstić information content (AvgIpc) is 2.98. The molecular formula is C31H32N5O2P. The largest absolute Gasteiger partial charge is 0.347 e. The molecule has 0 bridgehead atoms. The first kappa shape index (κ1) is 27.6. The van der Waals surface area contributed by atoms with E-state index >= 15 is 0 Å². The van der Waals surface area contributed by atoms with Crippen molar-refractivity contribution in [3.8, 4) is 0 Å². The molecule has 0 aromatic heterocycles. The van der Waals surface area contributed by atoms with E-state index in [1.807, 2.05) is 72.8 Å². The lowest BCUT2D eigenvalue weighted by Gasteiger charge is -2.30. The number of hydrogen-bond acceptors (Lipinski definition) is 4. The van der Waals surface area contributed by atoms with E-state index in [1.165, 1.54) is 4.90 Å². The minimum Gasteiger partial charge on any atom is -0.347 e. The molecule has 0 heterocycles. The van der Waals surface area contributed by atoms with Crippen molar-refractivity contribution >= 4 is 46.3 Å². The highest BCUT2D eigenvalue weighted by molar-refractivity contribution is 7.87. The molecule has 3 amide bonds. The number of urea groups is 1. The number of nitrogens with zero attached hydrogens (tertiary/aromatic N) is 3. The van der Waals surface area contributed by atoms with E-state index in [-0.39, 0.29) is 5.91 Å². The molecule has 1 unspecified atom stereocenters. The van der Waals surface area contributed by atoms with Crippen LogP contribution in [0.25, 0.3) is 0 Å². The van der Waals surface area contributed by atoms with Gasteiger partial charge < -0.3 is 10.2 Å². The molecule has 0 saturated carbocycles. The Morgan fingerprint density at radius 1 is 0.692 bits per heavy atom. The molecule has 0 radical (unpaired) electrons. The topological polar surface area (TPSA) is 86.2 Å². The van der Waals surface area contributed by atoms with Gasteiger partial charge in [0.2, 0.25) is 0 Å². The van der Waals surface area contributed by atoms with Gasteiger partial charge in [0.25, 0.3) is 5.91 Å². The summed E-state index contributed by atoms with van der Waals surface area (Å²) in [6.07, 6.45) is 0. The summed E-state index contributed by atoms with van der Waals surface area (Å²) >= 11 is 0. The molecule has 0 aliphatic rings. The summed E-state index contributed by atoms with van der Waals surface area (Å²) in [5, 5.41) is 10.1. The molecule has 0 aliphatic heterocycles. The zero-order chi connectivity index (χ0) is 27.7. The summed E-state index contributed by atoms with van der Waals surface area (Å²) in [5.74, 6) is -0.228. The summed E-state index contributed by atoms with van der Waals surface area (Å²) in [7, 11) is 0.701. The van der Waals surface area contributed by atoms with Crippen molar-refractivity contribution < 1.29 is 9.59 Å². The zero-order valence-electron chi connectivity index (χ0n) is 22.2. The number of para-hydroxylation sites is 1. The number of benzene rings is 4. The second kappa shape index (κ2) is 12.9. The van der Waals surface area contributed by atoms with Crippen molar-refractivity contribution in [2.75, 3.05) is 19.4 Å². The molecule has 8 heteroatoms. The molecular weight excluding hydrogens is 505 g/mol. The number of hydrogen-bond donors (Lipinski definition) is 2. The van der Waals surface area contributed by atoms with Gasteiger partial charge in [-0.25, -0.2) is 10.2 Å². The molecule has 39 heavy (non-hydrogen) atoms. The van der Waals surface area contributed by atoms with E-state index in [1.54, 1.807) is 33.2 Å². The highest BCUT2D eigenvalue weighted by Gasteiger charge is 2.32. The molecule has 4 aromatic rings. The van der Waals surface area contributed by atoms with Crippen LogP contribution in [0.4, 0.5) is 10.5 Å². The van der Waals surface area contributed by atoms with Crippen LogP contribution >= 0.6 is 7.05 Å². The van der Waals surface area contributed by atoms with Crippen LogP contribution in [0.5, 0.6) is 0 Å². The molecule has 7 nitrogen and oxygen atoms in total. The van der Waals surface area contributed by atoms with E-state index in [9.17, 15) is 9.59 Å². The van der Waals surface area contributed by atoms with Crippen LogP contribution in [-0.2, 0) is 4.79 Å².